The zero-order valence-corrected chi connectivity index (χ0v) is 36.4. The number of esters is 1. The number of carbonyl (C=O) groups excluding carboxylic acids is 1. The molecule has 3 unspecified atom stereocenters. The first-order chi connectivity index (χ1) is 26.0. The highest BCUT2D eigenvalue weighted by Crippen LogP contribution is 2.20. The van der Waals surface area contributed by atoms with Crippen molar-refractivity contribution in [2.24, 2.45) is 0 Å². The quantitative estimate of drug-likeness (QED) is 0.0366. The summed E-state index contributed by atoms with van der Waals surface area (Å²) < 4.78 is 12.2. The minimum Gasteiger partial charge on any atom is -0.462 e. The average molecular weight is 754 g/mol. The second-order valence-corrected chi connectivity index (χ2v) is 16.4. The summed E-state index contributed by atoms with van der Waals surface area (Å²) in [6.45, 7) is 12.4. The topological polar surface area (TPSA) is 79.2 Å². The number of hydrogen-bond acceptors (Lipinski definition) is 6. The molecule has 0 aliphatic heterocycles. The minimum absolute atomic E-state index is 0.00974. The minimum atomic E-state index is -0.628. The van der Waals surface area contributed by atoms with Crippen molar-refractivity contribution >= 4 is 5.97 Å². The van der Waals surface area contributed by atoms with E-state index in [0.29, 0.717) is 6.42 Å². The highest BCUT2D eigenvalue weighted by atomic mass is 16.6. The van der Waals surface area contributed by atoms with E-state index in [9.17, 15) is 15.0 Å². The van der Waals surface area contributed by atoms with Crippen molar-refractivity contribution in [1.29, 1.82) is 0 Å². The maximum absolute atomic E-state index is 12.7. The Kier molecular flexibility index (Phi) is 41.9. The van der Waals surface area contributed by atoms with Gasteiger partial charge in [0.05, 0.1) is 6.10 Å². The number of aliphatic hydroxyl groups is 2. The molecular formula is C47H95NO5. The molecule has 0 aliphatic rings. The summed E-state index contributed by atoms with van der Waals surface area (Å²) in [4.78, 5) is 15.2. The molecular weight excluding hydrogens is 659 g/mol. The molecule has 3 atom stereocenters. The van der Waals surface area contributed by atoms with Gasteiger partial charge in [0.2, 0.25) is 0 Å². The van der Waals surface area contributed by atoms with E-state index in [1.54, 1.807) is 0 Å². The van der Waals surface area contributed by atoms with Crippen molar-refractivity contribution in [3.8, 4) is 0 Å². The predicted molar refractivity (Wildman–Crippen MR) is 229 cm³/mol. The van der Waals surface area contributed by atoms with Crippen LogP contribution in [0.4, 0.5) is 0 Å². The summed E-state index contributed by atoms with van der Waals surface area (Å²) in [5.41, 5.74) is 0. The lowest BCUT2D eigenvalue weighted by Crippen LogP contribution is -2.28. The Morgan fingerprint density at radius 1 is 0.453 bits per heavy atom. The van der Waals surface area contributed by atoms with Crippen LogP contribution in [-0.4, -0.2) is 65.8 Å². The Hall–Kier alpha value is -0.690. The average Bonchev–Trinajstić information content (AvgIpc) is 3.15. The molecule has 0 aromatic heterocycles. The van der Waals surface area contributed by atoms with Crippen LogP contribution in [0, 0.1) is 0 Å². The zero-order chi connectivity index (χ0) is 38.9. The molecule has 2 N–H and O–H groups in total. The van der Waals surface area contributed by atoms with E-state index < -0.39 is 6.29 Å². The molecule has 0 aromatic carbocycles. The second-order valence-electron chi connectivity index (χ2n) is 16.4. The van der Waals surface area contributed by atoms with Gasteiger partial charge in [-0.3, -0.25) is 4.79 Å². The number of rotatable bonds is 44. The molecule has 0 rings (SSSR count). The summed E-state index contributed by atoms with van der Waals surface area (Å²) in [5, 5.41) is 20.1. The number of carbonyl (C=O) groups is 1. The van der Waals surface area contributed by atoms with Gasteiger partial charge in [0, 0.05) is 19.6 Å². The highest BCUT2D eigenvalue weighted by molar-refractivity contribution is 5.69. The molecule has 0 fully saturated rings. The summed E-state index contributed by atoms with van der Waals surface area (Å²) in [5.74, 6) is 0.00974. The van der Waals surface area contributed by atoms with Gasteiger partial charge in [-0.2, -0.15) is 0 Å². The SMILES string of the molecule is CCCCCCCCC(CCCCCC)OC(=O)CCCCCCN(CCCO)CCCCCCC(O)OC(CCCCCC)CCCCCCCC. The first-order valence-electron chi connectivity index (χ1n) is 23.9. The molecule has 0 amide bonds. The summed E-state index contributed by atoms with van der Waals surface area (Å²) in [7, 11) is 0. The Balaban J connectivity index is 4.29. The molecule has 0 saturated carbocycles. The van der Waals surface area contributed by atoms with Gasteiger partial charge in [-0.1, -0.05) is 169 Å². The van der Waals surface area contributed by atoms with Crippen LogP contribution in [0.3, 0.4) is 0 Å². The summed E-state index contributed by atoms with van der Waals surface area (Å²) >= 11 is 0. The Morgan fingerprint density at radius 2 is 0.811 bits per heavy atom. The molecule has 0 heterocycles. The Labute approximate surface area is 331 Å². The van der Waals surface area contributed by atoms with E-state index in [4.69, 9.17) is 9.47 Å². The van der Waals surface area contributed by atoms with Crippen LogP contribution in [0.2, 0.25) is 0 Å². The van der Waals surface area contributed by atoms with Crippen molar-refractivity contribution < 1.29 is 24.5 Å². The van der Waals surface area contributed by atoms with Gasteiger partial charge < -0.3 is 24.6 Å². The van der Waals surface area contributed by atoms with Crippen LogP contribution >= 0.6 is 0 Å². The van der Waals surface area contributed by atoms with Crippen LogP contribution < -0.4 is 0 Å². The van der Waals surface area contributed by atoms with Crippen LogP contribution in [0.1, 0.15) is 252 Å². The van der Waals surface area contributed by atoms with Gasteiger partial charge in [-0.25, -0.2) is 0 Å². The van der Waals surface area contributed by atoms with E-state index in [1.165, 1.54) is 135 Å². The molecule has 53 heavy (non-hydrogen) atoms. The maximum atomic E-state index is 12.7. The smallest absolute Gasteiger partial charge is 0.306 e. The lowest BCUT2D eigenvalue weighted by molar-refractivity contribution is -0.150. The number of unbranched alkanes of at least 4 members (excludes halogenated alkanes) is 22. The molecule has 0 spiro atoms. The van der Waals surface area contributed by atoms with Crippen LogP contribution in [0.15, 0.2) is 0 Å². The molecule has 0 aliphatic carbocycles. The van der Waals surface area contributed by atoms with Crippen molar-refractivity contribution in [2.75, 3.05) is 26.2 Å². The predicted octanol–water partition coefficient (Wildman–Crippen LogP) is 13.6. The van der Waals surface area contributed by atoms with Crippen molar-refractivity contribution in [3.63, 3.8) is 0 Å². The molecule has 6 heteroatoms. The van der Waals surface area contributed by atoms with Crippen molar-refractivity contribution in [2.45, 2.75) is 271 Å². The van der Waals surface area contributed by atoms with Gasteiger partial charge in [0.15, 0.2) is 6.29 Å². The van der Waals surface area contributed by atoms with Crippen LogP contribution in [0.5, 0.6) is 0 Å². The molecule has 0 bridgehead atoms. The molecule has 318 valence electrons. The van der Waals surface area contributed by atoms with Gasteiger partial charge in [0.1, 0.15) is 6.10 Å². The first-order valence-corrected chi connectivity index (χ1v) is 23.9. The van der Waals surface area contributed by atoms with E-state index in [-0.39, 0.29) is 24.8 Å². The normalized spacial score (nSPS) is 13.5. The van der Waals surface area contributed by atoms with E-state index in [1.807, 2.05) is 0 Å². The summed E-state index contributed by atoms with van der Waals surface area (Å²) in [6, 6.07) is 0. The number of ether oxygens (including phenoxy) is 2. The third-order valence-electron chi connectivity index (χ3n) is 11.1. The molecule has 0 aromatic rings. The van der Waals surface area contributed by atoms with Gasteiger partial charge in [0.25, 0.3) is 0 Å². The van der Waals surface area contributed by atoms with Gasteiger partial charge in [-0.05, 0) is 90.1 Å². The fourth-order valence-electron chi connectivity index (χ4n) is 7.58. The lowest BCUT2D eigenvalue weighted by Gasteiger charge is -2.23. The molecule has 0 radical (unpaired) electrons. The Bertz CT molecular complexity index is 721. The fraction of sp³-hybridized carbons (Fsp3) is 0.979. The highest BCUT2D eigenvalue weighted by Gasteiger charge is 2.16. The third-order valence-corrected chi connectivity index (χ3v) is 11.1. The monoisotopic (exact) mass is 754 g/mol. The number of hydrogen-bond donors (Lipinski definition) is 2. The van der Waals surface area contributed by atoms with Gasteiger partial charge in [-0.15, -0.1) is 0 Å². The summed E-state index contributed by atoms with van der Waals surface area (Å²) in [6.07, 6.45) is 40.2. The van der Waals surface area contributed by atoms with E-state index in [2.05, 4.69) is 32.6 Å². The van der Waals surface area contributed by atoms with Gasteiger partial charge >= 0.3 is 5.97 Å². The number of nitrogens with zero attached hydrogens (tertiary/aromatic N) is 1. The fourth-order valence-corrected chi connectivity index (χ4v) is 7.58. The van der Waals surface area contributed by atoms with E-state index >= 15 is 0 Å². The largest absolute Gasteiger partial charge is 0.462 e. The van der Waals surface area contributed by atoms with Crippen molar-refractivity contribution in [3.05, 3.63) is 0 Å². The second kappa shape index (κ2) is 42.5. The van der Waals surface area contributed by atoms with Crippen LogP contribution in [-0.2, 0) is 14.3 Å². The lowest BCUT2D eigenvalue weighted by atomic mass is 10.0. The third kappa shape index (κ3) is 38.0. The molecule has 0 saturated heterocycles. The standard InChI is InChI=1S/C47H95NO5/c1-5-9-13-17-19-27-36-44(34-25-15-11-7-3)52-46(50)38-29-21-23-31-40-48(42-33-43-49)41-32-24-22-30-39-47(51)53-45(35-26-16-12-8-4)37-28-20-18-14-10-6-2/h44-46,49-50H,5-43H2,1-4H3. The molecule has 6 nitrogen and oxygen atoms in total. The maximum Gasteiger partial charge on any atom is 0.306 e. The van der Waals surface area contributed by atoms with Crippen LogP contribution in [0.25, 0.3) is 0 Å². The first kappa shape index (κ1) is 52.3. The van der Waals surface area contributed by atoms with E-state index in [0.717, 1.165) is 103 Å². The van der Waals surface area contributed by atoms with Crippen molar-refractivity contribution in [1.82, 2.24) is 4.90 Å². The number of aliphatic hydroxyl groups excluding tert-OH is 2. The zero-order valence-electron chi connectivity index (χ0n) is 36.4. The Morgan fingerprint density at radius 3 is 1.28 bits per heavy atom.